The lowest BCUT2D eigenvalue weighted by molar-refractivity contribution is 0.0694. The molecule has 1 heterocycles. The summed E-state index contributed by atoms with van der Waals surface area (Å²) in [6, 6.07) is 6.43. The molecule has 1 saturated carbocycles. The molecule has 2 aliphatic rings. The van der Waals surface area contributed by atoms with Crippen molar-refractivity contribution in [1.29, 1.82) is 0 Å². The fourth-order valence-electron chi connectivity index (χ4n) is 3.98. The zero-order valence-corrected chi connectivity index (χ0v) is 12.8. The molecule has 3 nitrogen and oxygen atoms in total. The summed E-state index contributed by atoms with van der Waals surface area (Å²) < 4.78 is 0. The van der Waals surface area contributed by atoms with Crippen LogP contribution in [0.1, 0.15) is 60.5 Å². The number of carbonyl (C=O) groups is 1. The van der Waals surface area contributed by atoms with Gasteiger partial charge in [-0.05, 0) is 48.8 Å². The molecule has 114 valence electrons. The predicted octanol–water partition coefficient (Wildman–Crippen LogP) is 3.71. The van der Waals surface area contributed by atoms with Crippen molar-refractivity contribution < 1.29 is 9.90 Å². The maximum Gasteiger partial charge on any atom is 0.335 e. The second kappa shape index (κ2) is 6.18. The molecule has 3 heteroatoms. The summed E-state index contributed by atoms with van der Waals surface area (Å²) in [4.78, 5) is 13.9. The summed E-state index contributed by atoms with van der Waals surface area (Å²) >= 11 is 0. The van der Waals surface area contributed by atoms with E-state index < -0.39 is 5.97 Å². The van der Waals surface area contributed by atoms with Crippen molar-refractivity contribution in [3.63, 3.8) is 0 Å². The molecule has 0 spiro atoms. The third-order valence-corrected chi connectivity index (χ3v) is 5.27. The molecule has 1 fully saturated rings. The number of hydrogen-bond donors (Lipinski definition) is 1. The number of rotatable bonds is 2. The second-order valence-electron chi connectivity index (χ2n) is 6.74. The fourth-order valence-corrected chi connectivity index (χ4v) is 3.98. The lowest BCUT2D eigenvalue weighted by atomic mass is 9.92. The van der Waals surface area contributed by atoms with E-state index in [-0.39, 0.29) is 0 Å². The third kappa shape index (κ3) is 3.13. The van der Waals surface area contributed by atoms with E-state index in [4.69, 9.17) is 0 Å². The number of carboxylic acids is 1. The molecule has 1 N–H and O–H groups in total. The van der Waals surface area contributed by atoms with Gasteiger partial charge in [-0.2, -0.15) is 0 Å². The van der Waals surface area contributed by atoms with Crippen LogP contribution in [0.5, 0.6) is 0 Å². The Morgan fingerprint density at radius 1 is 1.24 bits per heavy atom. The molecule has 21 heavy (non-hydrogen) atoms. The van der Waals surface area contributed by atoms with Crippen LogP contribution in [0.2, 0.25) is 0 Å². The molecule has 2 unspecified atom stereocenters. The Hall–Kier alpha value is -1.35. The Kier molecular flexibility index (Phi) is 4.29. The minimum Gasteiger partial charge on any atom is -0.478 e. The van der Waals surface area contributed by atoms with Crippen LogP contribution >= 0.6 is 0 Å². The van der Waals surface area contributed by atoms with Crippen molar-refractivity contribution >= 4 is 5.97 Å². The zero-order valence-electron chi connectivity index (χ0n) is 12.8. The monoisotopic (exact) mass is 287 g/mol. The van der Waals surface area contributed by atoms with Crippen molar-refractivity contribution in [2.24, 2.45) is 5.92 Å². The topological polar surface area (TPSA) is 40.5 Å². The lowest BCUT2D eigenvalue weighted by Gasteiger charge is -2.35. The number of carboxylic acid groups (broad SMARTS) is 1. The SMILES string of the molecule is CC1CCCC(N2CCc3c(cccc3C(=O)O)C2)CC1. The normalized spacial score (nSPS) is 26.9. The maximum atomic E-state index is 11.3. The van der Waals surface area contributed by atoms with Crippen LogP contribution in [0, 0.1) is 5.92 Å². The molecule has 1 aromatic carbocycles. The Morgan fingerprint density at radius 3 is 2.90 bits per heavy atom. The molecule has 3 rings (SSSR count). The number of benzene rings is 1. The van der Waals surface area contributed by atoms with Crippen LogP contribution < -0.4 is 0 Å². The Balaban J connectivity index is 1.75. The number of aromatic carboxylic acids is 1. The van der Waals surface area contributed by atoms with E-state index in [2.05, 4.69) is 17.9 Å². The summed E-state index contributed by atoms with van der Waals surface area (Å²) in [5, 5.41) is 9.31. The Bertz CT molecular complexity index is 526. The highest BCUT2D eigenvalue weighted by molar-refractivity contribution is 5.89. The third-order valence-electron chi connectivity index (χ3n) is 5.27. The standard InChI is InChI=1S/C18H25NO2/c1-13-4-2-6-15(9-8-13)19-11-10-16-14(12-19)5-3-7-17(16)18(20)21/h3,5,7,13,15H,2,4,6,8-12H2,1H3,(H,20,21). The summed E-state index contributed by atoms with van der Waals surface area (Å²) in [6.45, 7) is 4.30. The van der Waals surface area contributed by atoms with Gasteiger partial charge in [0, 0.05) is 19.1 Å². The first kappa shape index (κ1) is 14.6. The van der Waals surface area contributed by atoms with Gasteiger partial charge in [0.1, 0.15) is 0 Å². The molecule has 0 saturated heterocycles. The summed E-state index contributed by atoms with van der Waals surface area (Å²) in [7, 11) is 0. The van der Waals surface area contributed by atoms with Crippen molar-refractivity contribution in [2.45, 2.75) is 58.0 Å². The van der Waals surface area contributed by atoms with Crippen molar-refractivity contribution in [3.05, 3.63) is 34.9 Å². The lowest BCUT2D eigenvalue weighted by Crippen LogP contribution is -2.39. The van der Waals surface area contributed by atoms with E-state index >= 15 is 0 Å². The van der Waals surface area contributed by atoms with E-state index in [1.165, 1.54) is 37.7 Å². The van der Waals surface area contributed by atoms with Gasteiger partial charge in [-0.3, -0.25) is 4.90 Å². The van der Waals surface area contributed by atoms with Gasteiger partial charge in [-0.1, -0.05) is 31.9 Å². The van der Waals surface area contributed by atoms with E-state index in [9.17, 15) is 9.90 Å². The molecular weight excluding hydrogens is 262 g/mol. The van der Waals surface area contributed by atoms with Crippen LogP contribution in [0.4, 0.5) is 0 Å². The van der Waals surface area contributed by atoms with E-state index in [1.54, 1.807) is 6.07 Å². The van der Waals surface area contributed by atoms with E-state index in [0.717, 1.165) is 31.0 Å². The van der Waals surface area contributed by atoms with Gasteiger partial charge in [0.15, 0.2) is 0 Å². The van der Waals surface area contributed by atoms with Gasteiger partial charge in [0.05, 0.1) is 5.56 Å². The molecule has 2 atom stereocenters. The van der Waals surface area contributed by atoms with E-state index in [1.807, 2.05) is 6.07 Å². The fraction of sp³-hybridized carbons (Fsp3) is 0.611. The van der Waals surface area contributed by atoms with Gasteiger partial charge in [0.25, 0.3) is 0 Å². The molecule has 1 aliphatic carbocycles. The second-order valence-corrected chi connectivity index (χ2v) is 6.74. The maximum absolute atomic E-state index is 11.3. The number of nitrogens with zero attached hydrogens (tertiary/aromatic N) is 1. The van der Waals surface area contributed by atoms with Gasteiger partial charge in [-0.25, -0.2) is 4.79 Å². The smallest absolute Gasteiger partial charge is 0.335 e. The summed E-state index contributed by atoms with van der Waals surface area (Å²) in [6.07, 6.45) is 7.52. The van der Waals surface area contributed by atoms with Gasteiger partial charge >= 0.3 is 5.97 Å². The Morgan fingerprint density at radius 2 is 2.10 bits per heavy atom. The van der Waals surface area contributed by atoms with Crippen LogP contribution in [0.15, 0.2) is 18.2 Å². The molecule has 1 aliphatic heterocycles. The predicted molar refractivity (Wildman–Crippen MR) is 83.6 cm³/mol. The van der Waals surface area contributed by atoms with Gasteiger partial charge in [0.2, 0.25) is 0 Å². The van der Waals surface area contributed by atoms with Gasteiger partial charge < -0.3 is 5.11 Å². The minimum atomic E-state index is -0.788. The molecule has 0 aromatic heterocycles. The largest absolute Gasteiger partial charge is 0.478 e. The first-order chi connectivity index (χ1) is 10.1. The van der Waals surface area contributed by atoms with E-state index in [0.29, 0.717) is 11.6 Å². The molecule has 0 radical (unpaired) electrons. The van der Waals surface area contributed by atoms with Crippen LogP contribution in [0.25, 0.3) is 0 Å². The molecule has 0 bridgehead atoms. The quantitative estimate of drug-likeness (QED) is 0.843. The number of fused-ring (bicyclic) bond motifs is 1. The first-order valence-corrected chi connectivity index (χ1v) is 8.23. The summed E-state index contributed by atoms with van der Waals surface area (Å²) in [5.41, 5.74) is 2.78. The minimum absolute atomic E-state index is 0.502. The highest BCUT2D eigenvalue weighted by atomic mass is 16.4. The average Bonchev–Trinajstić information content (AvgIpc) is 2.70. The zero-order chi connectivity index (χ0) is 14.8. The van der Waals surface area contributed by atoms with Crippen molar-refractivity contribution in [3.8, 4) is 0 Å². The van der Waals surface area contributed by atoms with Crippen LogP contribution in [-0.2, 0) is 13.0 Å². The van der Waals surface area contributed by atoms with Gasteiger partial charge in [-0.15, -0.1) is 0 Å². The Labute approximate surface area is 127 Å². The molecule has 1 aromatic rings. The van der Waals surface area contributed by atoms with Crippen molar-refractivity contribution in [1.82, 2.24) is 4.90 Å². The van der Waals surface area contributed by atoms with Crippen molar-refractivity contribution in [2.75, 3.05) is 6.54 Å². The molecule has 0 amide bonds. The summed E-state index contributed by atoms with van der Waals surface area (Å²) in [5.74, 6) is 0.0780. The first-order valence-electron chi connectivity index (χ1n) is 8.23. The van der Waals surface area contributed by atoms with Crippen LogP contribution in [-0.4, -0.2) is 28.6 Å². The molecular formula is C18H25NO2. The van der Waals surface area contributed by atoms with Crippen LogP contribution in [0.3, 0.4) is 0 Å². The highest BCUT2D eigenvalue weighted by Gasteiger charge is 2.27. The average molecular weight is 287 g/mol. The number of hydrogen-bond acceptors (Lipinski definition) is 2. The highest BCUT2D eigenvalue weighted by Crippen LogP contribution is 2.30.